The van der Waals surface area contributed by atoms with Gasteiger partial charge in [0.25, 0.3) is 11.8 Å². The van der Waals surface area contributed by atoms with E-state index in [0.29, 0.717) is 36.4 Å². The van der Waals surface area contributed by atoms with Gasteiger partial charge < -0.3 is 15.5 Å². The fourth-order valence-electron chi connectivity index (χ4n) is 3.66. The standard InChI is InChI=1S/C23H28FN3O3S/c1-3-15(2)25-22(29)20(26-21(28)19-5-4-14-31-19)16-10-12-27(13-11-16)23(30)17-6-8-18(24)9-7-17/h4-9,14-16,20H,3,10-13H2,1-2H3,(H,25,29)(H,26,28). The summed E-state index contributed by atoms with van der Waals surface area (Å²) < 4.78 is 13.1. The molecule has 2 aromatic rings. The van der Waals surface area contributed by atoms with Crippen LogP contribution < -0.4 is 10.6 Å². The van der Waals surface area contributed by atoms with E-state index in [9.17, 15) is 18.8 Å². The molecule has 3 amide bonds. The van der Waals surface area contributed by atoms with Crippen molar-refractivity contribution in [1.29, 1.82) is 0 Å². The predicted molar refractivity (Wildman–Crippen MR) is 118 cm³/mol. The van der Waals surface area contributed by atoms with E-state index in [-0.39, 0.29) is 35.5 Å². The summed E-state index contributed by atoms with van der Waals surface area (Å²) in [6.07, 6.45) is 1.98. The lowest BCUT2D eigenvalue weighted by Gasteiger charge is -2.36. The number of nitrogens with zero attached hydrogens (tertiary/aromatic N) is 1. The van der Waals surface area contributed by atoms with Gasteiger partial charge in [0.15, 0.2) is 0 Å². The quantitative estimate of drug-likeness (QED) is 0.685. The van der Waals surface area contributed by atoms with E-state index < -0.39 is 6.04 Å². The van der Waals surface area contributed by atoms with Crippen molar-refractivity contribution >= 4 is 29.1 Å². The molecule has 1 fully saturated rings. The number of rotatable bonds is 7. The van der Waals surface area contributed by atoms with Crippen LogP contribution in [-0.4, -0.2) is 47.8 Å². The summed E-state index contributed by atoms with van der Waals surface area (Å²) in [5.74, 6) is -1.06. The highest BCUT2D eigenvalue weighted by atomic mass is 32.1. The predicted octanol–water partition coefficient (Wildman–Crippen LogP) is 3.45. The molecule has 0 saturated carbocycles. The van der Waals surface area contributed by atoms with Gasteiger partial charge in [-0.25, -0.2) is 4.39 Å². The molecule has 8 heteroatoms. The number of carbonyl (C=O) groups excluding carboxylic acids is 3. The molecule has 6 nitrogen and oxygen atoms in total. The van der Waals surface area contributed by atoms with Crippen LogP contribution in [0.25, 0.3) is 0 Å². The smallest absolute Gasteiger partial charge is 0.262 e. The van der Waals surface area contributed by atoms with Gasteiger partial charge in [-0.2, -0.15) is 0 Å². The fourth-order valence-corrected chi connectivity index (χ4v) is 4.29. The van der Waals surface area contributed by atoms with Crippen LogP contribution in [0.15, 0.2) is 41.8 Å². The molecule has 1 aliphatic rings. The Bertz CT molecular complexity index is 893. The fraction of sp³-hybridized carbons (Fsp3) is 0.435. The van der Waals surface area contributed by atoms with Crippen LogP contribution >= 0.6 is 11.3 Å². The SMILES string of the molecule is CCC(C)NC(=O)C(NC(=O)c1cccs1)C1CCN(C(=O)c2ccc(F)cc2)CC1. The van der Waals surface area contributed by atoms with Gasteiger partial charge in [-0.15, -0.1) is 11.3 Å². The third-order valence-electron chi connectivity index (χ3n) is 5.70. The number of carbonyl (C=O) groups is 3. The summed E-state index contributed by atoms with van der Waals surface area (Å²) in [5, 5.41) is 7.71. The van der Waals surface area contributed by atoms with Crippen LogP contribution in [-0.2, 0) is 4.79 Å². The molecule has 1 aliphatic heterocycles. The highest BCUT2D eigenvalue weighted by Gasteiger charge is 2.34. The Morgan fingerprint density at radius 1 is 1.13 bits per heavy atom. The minimum absolute atomic E-state index is 0.00813. The van der Waals surface area contributed by atoms with Gasteiger partial charge in [-0.05, 0) is 67.8 Å². The van der Waals surface area contributed by atoms with Crippen molar-refractivity contribution in [1.82, 2.24) is 15.5 Å². The highest BCUT2D eigenvalue weighted by Crippen LogP contribution is 2.23. The number of benzene rings is 1. The number of likely N-dealkylation sites (tertiary alicyclic amines) is 1. The third-order valence-corrected chi connectivity index (χ3v) is 6.57. The first-order valence-electron chi connectivity index (χ1n) is 10.6. The molecule has 2 unspecified atom stereocenters. The van der Waals surface area contributed by atoms with Gasteiger partial charge in [-0.3, -0.25) is 14.4 Å². The van der Waals surface area contributed by atoms with Crippen LogP contribution in [0.1, 0.15) is 53.1 Å². The van der Waals surface area contributed by atoms with Crippen LogP contribution in [0.3, 0.4) is 0 Å². The molecule has 0 aliphatic carbocycles. The van der Waals surface area contributed by atoms with E-state index in [1.54, 1.807) is 17.0 Å². The van der Waals surface area contributed by atoms with E-state index in [1.165, 1.54) is 35.6 Å². The zero-order chi connectivity index (χ0) is 22.4. The number of hydrogen-bond donors (Lipinski definition) is 2. The monoisotopic (exact) mass is 445 g/mol. The summed E-state index contributed by atoms with van der Waals surface area (Å²) >= 11 is 1.33. The largest absolute Gasteiger partial charge is 0.352 e. The number of nitrogens with one attached hydrogen (secondary N) is 2. The number of piperidine rings is 1. The Labute approximate surface area is 185 Å². The second-order valence-corrected chi connectivity index (χ2v) is 8.83. The van der Waals surface area contributed by atoms with Gasteiger partial charge in [0.2, 0.25) is 5.91 Å². The van der Waals surface area contributed by atoms with Gasteiger partial charge in [-0.1, -0.05) is 13.0 Å². The summed E-state index contributed by atoms with van der Waals surface area (Å²) in [4.78, 5) is 40.5. The normalized spacial score (nSPS) is 16.4. The molecule has 0 radical (unpaired) electrons. The maximum absolute atomic E-state index is 13.1. The van der Waals surface area contributed by atoms with E-state index >= 15 is 0 Å². The maximum Gasteiger partial charge on any atom is 0.262 e. The molecule has 1 aromatic heterocycles. The summed E-state index contributed by atoms with van der Waals surface area (Å²) in [7, 11) is 0. The van der Waals surface area contributed by atoms with Crippen molar-refractivity contribution < 1.29 is 18.8 Å². The van der Waals surface area contributed by atoms with Gasteiger partial charge in [0, 0.05) is 24.7 Å². The molecule has 1 saturated heterocycles. The average molecular weight is 446 g/mol. The van der Waals surface area contributed by atoms with E-state index in [4.69, 9.17) is 0 Å². The lowest BCUT2D eigenvalue weighted by Crippen LogP contribution is -2.55. The van der Waals surface area contributed by atoms with Crippen molar-refractivity contribution in [2.75, 3.05) is 13.1 Å². The second kappa shape index (κ2) is 10.5. The maximum atomic E-state index is 13.1. The van der Waals surface area contributed by atoms with Crippen LogP contribution in [0.2, 0.25) is 0 Å². The molecule has 0 spiro atoms. The van der Waals surface area contributed by atoms with Crippen LogP contribution in [0.4, 0.5) is 4.39 Å². The Kier molecular flexibility index (Phi) is 7.79. The number of thiophene rings is 1. The molecule has 1 aromatic carbocycles. The summed E-state index contributed by atoms with van der Waals surface area (Å²) in [6, 6.07) is 8.38. The minimum Gasteiger partial charge on any atom is -0.352 e. The molecular formula is C23H28FN3O3S. The first-order chi connectivity index (χ1) is 14.9. The van der Waals surface area contributed by atoms with Crippen molar-refractivity contribution in [3.05, 3.63) is 58.0 Å². The van der Waals surface area contributed by atoms with Crippen molar-refractivity contribution in [3.8, 4) is 0 Å². The lowest BCUT2D eigenvalue weighted by molar-refractivity contribution is -0.125. The topological polar surface area (TPSA) is 78.5 Å². The Hall–Kier alpha value is -2.74. The van der Waals surface area contributed by atoms with E-state index in [2.05, 4.69) is 10.6 Å². The van der Waals surface area contributed by atoms with Crippen LogP contribution in [0, 0.1) is 11.7 Å². The van der Waals surface area contributed by atoms with Crippen LogP contribution in [0.5, 0.6) is 0 Å². The van der Waals surface area contributed by atoms with Crippen molar-refractivity contribution in [2.45, 2.75) is 45.2 Å². The average Bonchev–Trinajstić information content (AvgIpc) is 3.32. The zero-order valence-corrected chi connectivity index (χ0v) is 18.6. The van der Waals surface area contributed by atoms with Crippen molar-refractivity contribution in [3.63, 3.8) is 0 Å². The first kappa shape index (κ1) is 22.9. The Morgan fingerprint density at radius 3 is 2.39 bits per heavy atom. The van der Waals surface area contributed by atoms with Gasteiger partial charge in [0.05, 0.1) is 4.88 Å². The number of amides is 3. The summed E-state index contributed by atoms with van der Waals surface area (Å²) in [5.41, 5.74) is 0.442. The molecular weight excluding hydrogens is 417 g/mol. The second-order valence-electron chi connectivity index (χ2n) is 7.88. The molecule has 2 N–H and O–H groups in total. The highest BCUT2D eigenvalue weighted by molar-refractivity contribution is 7.12. The van der Waals surface area contributed by atoms with E-state index in [0.717, 1.165) is 6.42 Å². The lowest BCUT2D eigenvalue weighted by atomic mass is 9.88. The van der Waals surface area contributed by atoms with Crippen molar-refractivity contribution in [2.24, 2.45) is 5.92 Å². The molecule has 31 heavy (non-hydrogen) atoms. The zero-order valence-electron chi connectivity index (χ0n) is 17.8. The molecule has 166 valence electrons. The summed E-state index contributed by atoms with van der Waals surface area (Å²) in [6.45, 7) is 4.87. The number of halogens is 1. The van der Waals surface area contributed by atoms with E-state index in [1.807, 2.05) is 19.2 Å². The van der Waals surface area contributed by atoms with Gasteiger partial charge >= 0.3 is 0 Å². The third kappa shape index (κ3) is 5.91. The molecule has 0 bridgehead atoms. The number of hydrogen-bond acceptors (Lipinski definition) is 4. The molecule has 2 heterocycles. The Balaban J connectivity index is 1.66. The van der Waals surface area contributed by atoms with Gasteiger partial charge in [0.1, 0.15) is 11.9 Å². The molecule has 3 rings (SSSR count). The first-order valence-corrected chi connectivity index (χ1v) is 11.5. The Morgan fingerprint density at radius 2 is 1.81 bits per heavy atom. The minimum atomic E-state index is -0.660. The molecule has 2 atom stereocenters.